The molecule has 2 atom stereocenters. The molecule has 3 N–H and O–H groups in total. The second-order valence-electron chi connectivity index (χ2n) is 6.73. The Labute approximate surface area is 201 Å². The number of benzene rings is 3. The summed E-state index contributed by atoms with van der Waals surface area (Å²) in [6, 6.07) is 22.8. The number of aromatic carboxylic acids is 2. The largest absolute Gasteiger partial charge is 0.478 e. The van der Waals surface area contributed by atoms with Gasteiger partial charge in [0.2, 0.25) is 0 Å². The van der Waals surface area contributed by atoms with Crippen LogP contribution < -0.4 is 5.32 Å². The standard InChI is InChI=1S/C16H18FN.C8H6O4.2H2S/c1-12(14-7-4-3-5-8-14)18-13(2)15-9-6-10-16(17)11-15;9-7(10)5-3-1-2-4-6(5)8(11)12;;/h3-13,18H,1-2H3;1-4H,(H,9,10)(H,11,12);2*1H2/t12-,13-;;;/m0.../s1. The Morgan fingerprint density at radius 2 is 1.16 bits per heavy atom. The molecule has 172 valence electrons. The summed E-state index contributed by atoms with van der Waals surface area (Å²) in [7, 11) is 0. The number of rotatable bonds is 6. The molecule has 0 saturated carbocycles. The number of hydrogen-bond donors (Lipinski definition) is 3. The van der Waals surface area contributed by atoms with E-state index >= 15 is 0 Å². The summed E-state index contributed by atoms with van der Waals surface area (Å²) < 4.78 is 13.2. The Balaban J connectivity index is 0.000000607. The minimum absolute atomic E-state index is 0. The fourth-order valence-corrected chi connectivity index (χ4v) is 2.94. The van der Waals surface area contributed by atoms with Crippen LogP contribution in [-0.2, 0) is 0 Å². The van der Waals surface area contributed by atoms with Crippen LogP contribution in [0.4, 0.5) is 4.39 Å². The van der Waals surface area contributed by atoms with Crippen LogP contribution in [0.25, 0.3) is 0 Å². The van der Waals surface area contributed by atoms with E-state index in [1.165, 1.54) is 35.9 Å². The van der Waals surface area contributed by atoms with E-state index in [1.807, 2.05) is 31.2 Å². The highest BCUT2D eigenvalue weighted by Gasteiger charge is 2.13. The topological polar surface area (TPSA) is 86.6 Å². The molecule has 0 heterocycles. The third kappa shape index (κ3) is 8.74. The zero-order valence-corrected chi connectivity index (χ0v) is 19.7. The van der Waals surface area contributed by atoms with Crippen molar-refractivity contribution in [3.05, 3.63) is 107 Å². The van der Waals surface area contributed by atoms with Gasteiger partial charge < -0.3 is 15.5 Å². The van der Waals surface area contributed by atoms with Gasteiger partial charge in [-0.25, -0.2) is 14.0 Å². The quantitative estimate of drug-likeness (QED) is 0.434. The molecule has 5 nitrogen and oxygen atoms in total. The molecule has 0 spiro atoms. The highest BCUT2D eigenvalue weighted by Crippen LogP contribution is 2.19. The molecule has 0 aliphatic heterocycles. The van der Waals surface area contributed by atoms with Gasteiger partial charge in [0.1, 0.15) is 5.82 Å². The van der Waals surface area contributed by atoms with Crippen LogP contribution in [0.15, 0.2) is 78.9 Å². The molecule has 0 amide bonds. The Hall–Kier alpha value is -2.81. The first-order valence-electron chi connectivity index (χ1n) is 9.41. The maximum absolute atomic E-state index is 13.2. The van der Waals surface area contributed by atoms with Gasteiger partial charge in [-0.2, -0.15) is 27.0 Å². The number of carbonyl (C=O) groups is 2. The lowest BCUT2D eigenvalue weighted by atomic mass is 10.0. The second kappa shape index (κ2) is 14.3. The van der Waals surface area contributed by atoms with Crippen molar-refractivity contribution in [2.24, 2.45) is 0 Å². The number of carboxylic acids is 2. The summed E-state index contributed by atoms with van der Waals surface area (Å²) in [5.41, 5.74) is 1.83. The van der Waals surface area contributed by atoms with Crippen molar-refractivity contribution in [3.8, 4) is 0 Å². The Bertz CT molecular complexity index is 969. The molecule has 32 heavy (non-hydrogen) atoms. The average molecular weight is 478 g/mol. The van der Waals surface area contributed by atoms with E-state index in [9.17, 15) is 14.0 Å². The molecule has 8 heteroatoms. The molecule has 0 saturated heterocycles. The summed E-state index contributed by atoms with van der Waals surface area (Å²) in [5.74, 6) is -2.64. The van der Waals surface area contributed by atoms with Gasteiger partial charge >= 0.3 is 11.9 Å². The second-order valence-corrected chi connectivity index (χ2v) is 6.73. The first-order valence-corrected chi connectivity index (χ1v) is 9.41. The molecule has 3 aromatic rings. The third-order valence-electron chi connectivity index (χ3n) is 4.54. The summed E-state index contributed by atoms with van der Waals surface area (Å²) in [5, 5.41) is 20.6. The van der Waals surface area contributed by atoms with Crippen molar-refractivity contribution in [1.82, 2.24) is 5.32 Å². The molecular formula is C24H28FNO4S2. The fourth-order valence-electron chi connectivity index (χ4n) is 2.94. The molecule has 0 unspecified atom stereocenters. The van der Waals surface area contributed by atoms with Crippen LogP contribution in [0.1, 0.15) is 57.8 Å². The van der Waals surface area contributed by atoms with E-state index < -0.39 is 11.9 Å². The molecule has 0 radical (unpaired) electrons. The maximum Gasteiger partial charge on any atom is 0.336 e. The number of nitrogens with one attached hydrogen (secondary N) is 1. The minimum atomic E-state index is -1.23. The Morgan fingerprint density at radius 3 is 1.62 bits per heavy atom. The number of carboxylic acid groups (broad SMARTS) is 2. The maximum atomic E-state index is 13.2. The van der Waals surface area contributed by atoms with Crippen molar-refractivity contribution in [2.45, 2.75) is 25.9 Å². The summed E-state index contributed by atoms with van der Waals surface area (Å²) >= 11 is 0. The third-order valence-corrected chi connectivity index (χ3v) is 4.54. The van der Waals surface area contributed by atoms with Crippen molar-refractivity contribution < 1.29 is 24.2 Å². The summed E-state index contributed by atoms with van der Waals surface area (Å²) in [6.07, 6.45) is 0. The minimum Gasteiger partial charge on any atom is -0.478 e. The van der Waals surface area contributed by atoms with Crippen molar-refractivity contribution in [2.75, 3.05) is 0 Å². The lowest BCUT2D eigenvalue weighted by molar-refractivity contribution is 0.0651. The predicted octanol–water partition coefficient (Wildman–Crippen LogP) is 5.55. The fraction of sp³-hybridized carbons (Fsp3) is 0.167. The van der Waals surface area contributed by atoms with Gasteiger partial charge in [0.05, 0.1) is 11.1 Å². The highest BCUT2D eigenvalue weighted by molar-refractivity contribution is 7.59. The van der Waals surface area contributed by atoms with Crippen LogP contribution in [0, 0.1) is 5.82 Å². The molecule has 3 aromatic carbocycles. The molecular weight excluding hydrogens is 449 g/mol. The van der Waals surface area contributed by atoms with Gasteiger partial charge in [0, 0.05) is 12.1 Å². The van der Waals surface area contributed by atoms with Gasteiger partial charge in [0.25, 0.3) is 0 Å². The first-order chi connectivity index (χ1) is 14.3. The molecule has 0 aliphatic carbocycles. The monoisotopic (exact) mass is 477 g/mol. The van der Waals surface area contributed by atoms with Crippen LogP contribution in [0.3, 0.4) is 0 Å². The lowest BCUT2D eigenvalue weighted by Crippen LogP contribution is -2.22. The van der Waals surface area contributed by atoms with Crippen molar-refractivity contribution >= 4 is 38.9 Å². The molecule has 0 bridgehead atoms. The van der Waals surface area contributed by atoms with Crippen LogP contribution in [0.5, 0.6) is 0 Å². The van der Waals surface area contributed by atoms with Gasteiger partial charge in [-0.3, -0.25) is 0 Å². The van der Waals surface area contributed by atoms with E-state index in [1.54, 1.807) is 12.1 Å². The SMILES string of the molecule is C[C@H](N[C@@H](C)c1cccc(F)c1)c1ccccc1.O=C(O)c1ccccc1C(=O)O.S.S. The van der Waals surface area contributed by atoms with E-state index in [0.29, 0.717) is 0 Å². The van der Waals surface area contributed by atoms with E-state index in [0.717, 1.165) is 5.56 Å². The highest BCUT2D eigenvalue weighted by atomic mass is 32.1. The van der Waals surface area contributed by atoms with Gasteiger partial charge in [-0.1, -0.05) is 54.6 Å². The Kier molecular flexibility index (Phi) is 13.0. The van der Waals surface area contributed by atoms with E-state index in [4.69, 9.17) is 10.2 Å². The summed E-state index contributed by atoms with van der Waals surface area (Å²) in [6.45, 7) is 4.17. The Morgan fingerprint density at radius 1 is 0.719 bits per heavy atom. The molecule has 3 rings (SSSR count). The predicted molar refractivity (Wildman–Crippen MR) is 134 cm³/mol. The van der Waals surface area contributed by atoms with Gasteiger partial charge in [-0.15, -0.1) is 0 Å². The average Bonchev–Trinajstić information content (AvgIpc) is 2.74. The van der Waals surface area contributed by atoms with Gasteiger partial charge in [0.15, 0.2) is 0 Å². The van der Waals surface area contributed by atoms with Crippen molar-refractivity contribution in [3.63, 3.8) is 0 Å². The van der Waals surface area contributed by atoms with E-state index in [-0.39, 0.29) is 56.0 Å². The summed E-state index contributed by atoms with van der Waals surface area (Å²) in [4.78, 5) is 20.9. The molecule has 0 aromatic heterocycles. The van der Waals surface area contributed by atoms with Crippen LogP contribution >= 0.6 is 27.0 Å². The number of hydrogen-bond acceptors (Lipinski definition) is 3. The smallest absolute Gasteiger partial charge is 0.336 e. The van der Waals surface area contributed by atoms with E-state index in [2.05, 4.69) is 24.4 Å². The van der Waals surface area contributed by atoms with Crippen molar-refractivity contribution in [1.29, 1.82) is 0 Å². The normalized spacial score (nSPS) is 11.5. The number of halogens is 1. The molecule has 0 aliphatic rings. The zero-order chi connectivity index (χ0) is 22.1. The molecule has 0 fully saturated rings. The van der Waals surface area contributed by atoms with Gasteiger partial charge in [-0.05, 0) is 49.2 Å². The lowest BCUT2D eigenvalue weighted by Gasteiger charge is -2.20. The van der Waals surface area contributed by atoms with Crippen LogP contribution in [-0.4, -0.2) is 22.2 Å². The van der Waals surface area contributed by atoms with Crippen LogP contribution in [0.2, 0.25) is 0 Å². The zero-order valence-electron chi connectivity index (χ0n) is 17.7. The first kappa shape index (κ1) is 29.2.